The van der Waals surface area contributed by atoms with Crippen molar-refractivity contribution in [3.8, 4) is 5.75 Å². The van der Waals surface area contributed by atoms with Gasteiger partial charge in [0.2, 0.25) is 0 Å². The van der Waals surface area contributed by atoms with Crippen LogP contribution in [0.3, 0.4) is 0 Å². The van der Waals surface area contributed by atoms with Crippen molar-refractivity contribution in [2.24, 2.45) is 0 Å². The summed E-state index contributed by atoms with van der Waals surface area (Å²) in [5, 5.41) is 3.73. The maximum atomic E-state index is 5.82. The maximum Gasteiger partial charge on any atom is 0.122 e. The first-order valence-electron chi connectivity index (χ1n) is 7.82. The molecule has 0 bridgehead atoms. The minimum Gasteiger partial charge on any atom is -0.494 e. The second kappa shape index (κ2) is 7.54. The Morgan fingerprint density at radius 2 is 1.95 bits per heavy atom. The Balaban J connectivity index is 2.16. The van der Waals surface area contributed by atoms with Gasteiger partial charge in [-0.2, -0.15) is 0 Å². The lowest BCUT2D eigenvalue weighted by atomic mass is 9.79. The van der Waals surface area contributed by atoms with E-state index in [4.69, 9.17) is 4.74 Å². The maximum absolute atomic E-state index is 5.82. The van der Waals surface area contributed by atoms with E-state index in [1.807, 2.05) is 0 Å². The molecule has 0 aliphatic heterocycles. The minimum atomic E-state index is 0.614. The molecule has 0 saturated heterocycles. The Hall–Kier alpha value is -1.02. The van der Waals surface area contributed by atoms with Crippen LogP contribution in [0.15, 0.2) is 24.3 Å². The van der Waals surface area contributed by atoms with Crippen LogP contribution in [-0.2, 0) is 0 Å². The second-order valence-corrected chi connectivity index (χ2v) is 5.42. The molecule has 2 rings (SSSR count). The predicted molar refractivity (Wildman–Crippen MR) is 80.9 cm³/mol. The first kappa shape index (κ1) is 14.4. The van der Waals surface area contributed by atoms with E-state index in [0.717, 1.165) is 18.9 Å². The van der Waals surface area contributed by atoms with Crippen LogP contribution in [0.4, 0.5) is 0 Å². The average Bonchev–Trinajstić information content (AvgIpc) is 2.46. The summed E-state index contributed by atoms with van der Waals surface area (Å²) in [5.74, 6) is 1.70. The van der Waals surface area contributed by atoms with Crippen LogP contribution in [-0.4, -0.2) is 19.2 Å². The van der Waals surface area contributed by atoms with Gasteiger partial charge >= 0.3 is 0 Å². The predicted octanol–water partition coefficient (Wildman–Crippen LogP) is 4.11. The zero-order valence-corrected chi connectivity index (χ0v) is 12.3. The number of rotatable bonds is 6. The summed E-state index contributed by atoms with van der Waals surface area (Å²) in [4.78, 5) is 0. The van der Waals surface area contributed by atoms with Gasteiger partial charge in [0.1, 0.15) is 5.75 Å². The van der Waals surface area contributed by atoms with Crippen molar-refractivity contribution >= 4 is 0 Å². The first-order chi connectivity index (χ1) is 9.36. The molecule has 19 heavy (non-hydrogen) atoms. The van der Waals surface area contributed by atoms with E-state index in [9.17, 15) is 0 Å². The van der Waals surface area contributed by atoms with Crippen molar-refractivity contribution in [3.63, 3.8) is 0 Å². The van der Waals surface area contributed by atoms with Crippen molar-refractivity contribution in [2.75, 3.05) is 13.2 Å². The molecule has 2 nitrogen and oxygen atoms in total. The molecular formula is C17H27NO. The van der Waals surface area contributed by atoms with Gasteiger partial charge < -0.3 is 10.1 Å². The van der Waals surface area contributed by atoms with Crippen LogP contribution in [0.25, 0.3) is 0 Å². The normalized spacial score (nSPS) is 23.3. The Bertz CT molecular complexity index is 377. The lowest BCUT2D eigenvalue weighted by Crippen LogP contribution is -2.37. The lowest BCUT2D eigenvalue weighted by molar-refractivity contribution is 0.302. The van der Waals surface area contributed by atoms with Gasteiger partial charge in [-0.25, -0.2) is 0 Å². The molecule has 1 fully saturated rings. The molecule has 1 aromatic carbocycles. The summed E-state index contributed by atoms with van der Waals surface area (Å²) >= 11 is 0. The van der Waals surface area contributed by atoms with Crippen molar-refractivity contribution < 1.29 is 4.74 Å². The zero-order valence-electron chi connectivity index (χ0n) is 12.3. The third-order valence-electron chi connectivity index (χ3n) is 4.04. The summed E-state index contributed by atoms with van der Waals surface area (Å²) in [6.45, 7) is 6.16. The minimum absolute atomic E-state index is 0.614. The molecule has 0 radical (unpaired) electrons. The molecule has 1 aromatic rings. The molecule has 2 unspecified atom stereocenters. The average molecular weight is 261 g/mol. The van der Waals surface area contributed by atoms with Crippen LogP contribution < -0.4 is 10.1 Å². The van der Waals surface area contributed by atoms with E-state index in [0.29, 0.717) is 12.0 Å². The smallest absolute Gasteiger partial charge is 0.122 e. The SMILES string of the molecule is CCCNC1CCCCC1c1ccccc1OCC. The number of nitrogens with one attached hydrogen (secondary N) is 1. The highest BCUT2D eigenvalue weighted by molar-refractivity contribution is 5.37. The summed E-state index contributed by atoms with van der Waals surface area (Å²) in [6, 6.07) is 9.21. The quantitative estimate of drug-likeness (QED) is 0.832. The monoisotopic (exact) mass is 261 g/mol. The molecule has 1 N–H and O–H groups in total. The highest BCUT2D eigenvalue weighted by Gasteiger charge is 2.27. The third-order valence-corrected chi connectivity index (χ3v) is 4.04. The standard InChI is InChI=1S/C17H27NO/c1-3-13-18-16-11-7-5-9-14(16)15-10-6-8-12-17(15)19-4-2/h6,8,10,12,14,16,18H,3-5,7,9,11,13H2,1-2H3. The van der Waals surface area contributed by atoms with Gasteiger partial charge in [-0.05, 0) is 44.4 Å². The Morgan fingerprint density at radius 1 is 1.16 bits per heavy atom. The van der Waals surface area contributed by atoms with Gasteiger partial charge in [0, 0.05) is 12.0 Å². The lowest BCUT2D eigenvalue weighted by Gasteiger charge is -2.33. The van der Waals surface area contributed by atoms with Crippen molar-refractivity contribution in [2.45, 2.75) is 57.9 Å². The van der Waals surface area contributed by atoms with Crippen LogP contribution >= 0.6 is 0 Å². The number of ether oxygens (including phenoxy) is 1. The molecule has 1 aliphatic rings. The molecule has 1 saturated carbocycles. The Morgan fingerprint density at radius 3 is 2.74 bits per heavy atom. The van der Waals surface area contributed by atoms with Crippen molar-refractivity contribution in [3.05, 3.63) is 29.8 Å². The third kappa shape index (κ3) is 3.73. The molecule has 1 aliphatic carbocycles. The molecule has 106 valence electrons. The summed E-state index contributed by atoms with van der Waals surface area (Å²) < 4.78 is 5.82. The molecule has 0 aromatic heterocycles. The van der Waals surface area contributed by atoms with E-state index in [1.165, 1.54) is 37.7 Å². The fourth-order valence-corrected chi connectivity index (χ4v) is 3.15. The highest BCUT2D eigenvalue weighted by Crippen LogP contribution is 2.37. The fraction of sp³-hybridized carbons (Fsp3) is 0.647. The Kier molecular flexibility index (Phi) is 5.71. The summed E-state index contributed by atoms with van der Waals surface area (Å²) in [5.41, 5.74) is 1.40. The van der Waals surface area contributed by atoms with E-state index < -0.39 is 0 Å². The van der Waals surface area contributed by atoms with Gasteiger partial charge in [0.05, 0.1) is 6.61 Å². The Labute approximate surface area is 117 Å². The molecule has 2 atom stereocenters. The number of para-hydroxylation sites is 1. The van der Waals surface area contributed by atoms with Gasteiger partial charge in [-0.3, -0.25) is 0 Å². The number of benzene rings is 1. The van der Waals surface area contributed by atoms with Gasteiger partial charge in [-0.15, -0.1) is 0 Å². The molecule has 0 spiro atoms. The van der Waals surface area contributed by atoms with Gasteiger partial charge in [0.25, 0.3) is 0 Å². The number of hydrogen-bond donors (Lipinski definition) is 1. The van der Waals surface area contributed by atoms with Gasteiger partial charge in [0.15, 0.2) is 0 Å². The van der Waals surface area contributed by atoms with Crippen molar-refractivity contribution in [1.29, 1.82) is 0 Å². The fourth-order valence-electron chi connectivity index (χ4n) is 3.15. The largest absolute Gasteiger partial charge is 0.494 e. The van der Waals surface area contributed by atoms with Crippen LogP contribution in [0, 0.1) is 0 Å². The topological polar surface area (TPSA) is 21.3 Å². The van der Waals surface area contributed by atoms with Crippen LogP contribution in [0.2, 0.25) is 0 Å². The van der Waals surface area contributed by atoms with E-state index in [-0.39, 0.29) is 0 Å². The molecule has 0 amide bonds. The molecule has 0 heterocycles. The van der Waals surface area contributed by atoms with Crippen LogP contribution in [0.1, 0.15) is 57.4 Å². The van der Waals surface area contributed by atoms with Gasteiger partial charge in [-0.1, -0.05) is 38.0 Å². The number of hydrogen-bond acceptors (Lipinski definition) is 2. The second-order valence-electron chi connectivity index (χ2n) is 5.42. The summed E-state index contributed by atoms with van der Waals surface area (Å²) in [7, 11) is 0. The molecule has 2 heteroatoms. The van der Waals surface area contributed by atoms with Crippen LogP contribution in [0.5, 0.6) is 5.75 Å². The van der Waals surface area contributed by atoms with E-state index >= 15 is 0 Å². The first-order valence-corrected chi connectivity index (χ1v) is 7.82. The highest BCUT2D eigenvalue weighted by atomic mass is 16.5. The van der Waals surface area contributed by atoms with Crippen molar-refractivity contribution in [1.82, 2.24) is 5.32 Å². The molecular weight excluding hydrogens is 234 g/mol. The van der Waals surface area contributed by atoms with E-state index in [1.54, 1.807) is 0 Å². The van der Waals surface area contributed by atoms with E-state index in [2.05, 4.69) is 43.4 Å². The zero-order chi connectivity index (χ0) is 13.5. The summed E-state index contributed by atoms with van der Waals surface area (Å²) in [6.07, 6.45) is 6.48.